The summed E-state index contributed by atoms with van der Waals surface area (Å²) in [5.74, 6) is 0. The summed E-state index contributed by atoms with van der Waals surface area (Å²) in [5, 5.41) is 0.883. The van der Waals surface area contributed by atoms with Crippen molar-refractivity contribution in [1.29, 1.82) is 0 Å². The highest BCUT2D eigenvalue weighted by Crippen LogP contribution is 2.26. The Balaban J connectivity index is 1.71. The molecule has 2 aromatic carbocycles. The van der Waals surface area contributed by atoms with Gasteiger partial charge >= 0.3 is 0 Å². The lowest BCUT2D eigenvalue weighted by atomic mass is 9.87. The first-order valence-electron chi connectivity index (χ1n) is 11.4. The maximum absolute atomic E-state index is 13.7. The van der Waals surface area contributed by atoms with Crippen molar-refractivity contribution in [2.24, 2.45) is 0 Å². The number of rotatable bonds is 6. The number of aryl methyl sites for hydroxylation is 1. The minimum atomic E-state index is -3.83. The van der Waals surface area contributed by atoms with E-state index >= 15 is 0 Å². The molecule has 4 rings (SSSR count). The third-order valence-electron chi connectivity index (χ3n) is 6.21. The van der Waals surface area contributed by atoms with Gasteiger partial charge in [0.05, 0.1) is 11.0 Å². The van der Waals surface area contributed by atoms with Crippen LogP contribution in [-0.4, -0.2) is 37.0 Å². The van der Waals surface area contributed by atoms with Gasteiger partial charge in [-0.2, -0.15) is 4.31 Å². The lowest BCUT2D eigenvalue weighted by Gasteiger charge is -2.25. The molecule has 1 aliphatic rings. The zero-order valence-electron chi connectivity index (χ0n) is 19.7. The van der Waals surface area contributed by atoms with E-state index in [1.54, 1.807) is 18.2 Å². The number of hydrogen-bond donors (Lipinski definition) is 1. The molecule has 1 atom stereocenters. The second-order valence-corrected chi connectivity index (χ2v) is 11.9. The molecule has 0 aliphatic carbocycles. The molecule has 33 heavy (non-hydrogen) atoms. The molecule has 1 unspecified atom stereocenters. The van der Waals surface area contributed by atoms with Gasteiger partial charge in [0, 0.05) is 30.8 Å². The molecule has 1 fully saturated rings. The van der Waals surface area contributed by atoms with Gasteiger partial charge in [-0.15, -0.1) is 0 Å². The van der Waals surface area contributed by atoms with Gasteiger partial charge in [0.1, 0.15) is 0 Å². The van der Waals surface area contributed by atoms with E-state index in [0.29, 0.717) is 12.2 Å². The SMILES string of the molecule is Cc1ccc2[nH]c(=O)c(CN(CC3CCCO3)S(=O)(=O)c3ccc(C(C)(C)C)cc3)cc2c1. The number of nitrogens with one attached hydrogen (secondary N) is 1. The number of ether oxygens (including phenoxy) is 1. The molecule has 0 saturated carbocycles. The summed E-state index contributed by atoms with van der Waals surface area (Å²) in [5.41, 5.74) is 2.94. The van der Waals surface area contributed by atoms with Gasteiger partial charge < -0.3 is 9.72 Å². The molecule has 1 N–H and O–H groups in total. The Kier molecular flexibility index (Phi) is 6.49. The molecule has 0 spiro atoms. The smallest absolute Gasteiger partial charge is 0.252 e. The van der Waals surface area contributed by atoms with Crippen molar-refractivity contribution < 1.29 is 13.2 Å². The molecule has 1 saturated heterocycles. The van der Waals surface area contributed by atoms with Crippen molar-refractivity contribution in [3.05, 3.63) is 75.6 Å². The van der Waals surface area contributed by atoms with Gasteiger partial charge in [-0.3, -0.25) is 4.79 Å². The number of aromatic nitrogens is 1. The monoisotopic (exact) mass is 468 g/mol. The van der Waals surface area contributed by atoms with E-state index in [1.807, 2.05) is 37.3 Å². The van der Waals surface area contributed by atoms with Gasteiger partial charge in [-0.25, -0.2) is 8.42 Å². The van der Waals surface area contributed by atoms with Crippen molar-refractivity contribution in [3.8, 4) is 0 Å². The van der Waals surface area contributed by atoms with Gasteiger partial charge in [0.25, 0.3) is 5.56 Å². The van der Waals surface area contributed by atoms with E-state index in [0.717, 1.165) is 34.9 Å². The van der Waals surface area contributed by atoms with Gasteiger partial charge in [-0.1, -0.05) is 44.5 Å². The van der Waals surface area contributed by atoms with Crippen LogP contribution in [0.5, 0.6) is 0 Å². The Hall–Kier alpha value is -2.48. The van der Waals surface area contributed by atoms with Crippen LogP contribution in [0.15, 0.2) is 58.2 Å². The summed E-state index contributed by atoms with van der Waals surface area (Å²) in [6.07, 6.45) is 1.55. The Morgan fingerprint density at radius 1 is 1.09 bits per heavy atom. The number of pyridine rings is 1. The first-order chi connectivity index (χ1) is 15.5. The first-order valence-corrected chi connectivity index (χ1v) is 12.8. The van der Waals surface area contributed by atoms with Gasteiger partial charge in [-0.05, 0) is 66.5 Å². The number of fused-ring (bicyclic) bond motifs is 1. The maximum Gasteiger partial charge on any atom is 0.252 e. The van der Waals surface area contributed by atoms with Crippen LogP contribution in [0.1, 0.15) is 50.3 Å². The number of aromatic amines is 1. The van der Waals surface area contributed by atoms with E-state index in [-0.39, 0.29) is 35.1 Å². The Bertz CT molecular complexity index is 1300. The highest BCUT2D eigenvalue weighted by molar-refractivity contribution is 7.89. The van der Waals surface area contributed by atoms with Gasteiger partial charge in [0.2, 0.25) is 10.0 Å². The van der Waals surface area contributed by atoms with Crippen LogP contribution in [0.3, 0.4) is 0 Å². The normalized spacial score (nSPS) is 17.2. The van der Waals surface area contributed by atoms with Crippen LogP contribution < -0.4 is 5.56 Å². The molecule has 1 aliphatic heterocycles. The van der Waals surface area contributed by atoms with Gasteiger partial charge in [0.15, 0.2) is 0 Å². The summed E-state index contributed by atoms with van der Waals surface area (Å²) >= 11 is 0. The number of nitrogens with zero attached hydrogens (tertiary/aromatic N) is 1. The number of benzene rings is 2. The van der Waals surface area contributed by atoms with Crippen molar-refractivity contribution in [1.82, 2.24) is 9.29 Å². The summed E-state index contributed by atoms with van der Waals surface area (Å²) in [6.45, 7) is 9.10. The van der Waals surface area contributed by atoms with Crippen LogP contribution >= 0.6 is 0 Å². The largest absolute Gasteiger partial charge is 0.377 e. The molecule has 0 amide bonds. The molecule has 3 aromatic rings. The molecular formula is C26H32N2O4S. The predicted molar refractivity (Wildman–Crippen MR) is 131 cm³/mol. The van der Waals surface area contributed by atoms with Crippen LogP contribution in [0.4, 0.5) is 0 Å². The maximum atomic E-state index is 13.7. The summed E-state index contributed by atoms with van der Waals surface area (Å²) in [6, 6.07) is 14.6. The number of hydrogen-bond acceptors (Lipinski definition) is 4. The highest BCUT2D eigenvalue weighted by Gasteiger charge is 2.30. The number of sulfonamides is 1. The van der Waals surface area contributed by atoms with E-state index in [9.17, 15) is 13.2 Å². The minimum Gasteiger partial charge on any atom is -0.377 e. The average molecular weight is 469 g/mol. The fourth-order valence-corrected chi connectivity index (χ4v) is 5.67. The van der Waals surface area contributed by atoms with Crippen molar-refractivity contribution in [3.63, 3.8) is 0 Å². The second kappa shape index (κ2) is 9.05. The molecule has 1 aromatic heterocycles. The fourth-order valence-electron chi connectivity index (χ4n) is 4.22. The zero-order valence-corrected chi connectivity index (χ0v) is 20.5. The standard InChI is InChI=1S/C26H32N2O4S/c1-18-7-12-24-19(14-18)15-20(25(29)27-24)16-28(17-22-6-5-13-32-22)33(30,31)23-10-8-21(9-11-23)26(2,3)4/h7-12,14-15,22H,5-6,13,16-17H2,1-4H3,(H,27,29). The Morgan fingerprint density at radius 2 is 1.82 bits per heavy atom. The lowest BCUT2D eigenvalue weighted by molar-refractivity contribution is 0.0925. The third kappa shape index (κ3) is 5.21. The minimum absolute atomic E-state index is 0.0115. The topological polar surface area (TPSA) is 79.5 Å². The summed E-state index contributed by atoms with van der Waals surface area (Å²) < 4.78 is 34.5. The van der Waals surface area contributed by atoms with E-state index in [2.05, 4.69) is 25.8 Å². The zero-order chi connectivity index (χ0) is 23.8. The van der Waals surface area contributed by atoms with Crippen LogP contribution in [0.2, 0.25) is 0 Å². The van der Waals surface area contributed by atoms with Crippen molar-refractivity contribution >= 4 is 20.9 Å². The quantitative estimate of drug-likeness (QED) is 0.578. The van der Waals surface area contributed by atoms with E-state index in [4.69, 9.17) is 4.74 Å². The summed E-state index contributed by atoms with van der Waals surface area (Å²) in [7, 11) is -3.83. The number of H-pyrrole nitrogens is 1. The molecule has 0 bridgehead atoms. The van der Waals surface area contributed by atoms with Crippen LogP contribution in [0.25, 0.3) is 10.9 Å². The molecule has 2 heterocycles. The fraction of sp³-hybridized carbons (Fsp3) is 0.423. The highest BCUT2D eigenvalue weighted by atomic mass is 32.2. The molecular weight excluding hydrogens is 436 g/mol. The van der Waals surface area contributed by atoms with E-state index < -0.39 is 10.0 Å². The molecule has 0 radical (unpaired) electrons. The summed E-state index contributed by atoms with van der Waals surface area (Å²) in [4.78, 5) is 15.9. The van der Waals surface area contributed by atoms with Crippen molar-refractivity contribution in [2.45, 2.75) is 63.5 Å². The van der Waals surface area contributed by atoms with E-state index in [1.165, 1.54) is 4.31 Å². The molecule has 176 valence electrons. The Morgan fingerprint density at radius 3 is 2.45 bits per heavy atom. The lowest BCUT2D eigenvalue weighted by Crippen LogP contribution is -2.38. The molecule has 6 nitrogen and oxygen atoms in total. The second-order valence-electron chi connectivity index (χ2n) is 9.92. The van der Waals surface area contributed by atoms with Crippen LogP contribution in [0, 0.1) is 6.92 Å². The van der Waals surface area contributed by atoms with Crippen LogP contribution in [-0.2, 0) is 26.7 Å². The molecule has 7 heteroatoms. The third-order valence-corrected chi connectivity index (χ3v) is 8.04. The Labute approximate surface area is 195 Å². The van der Waals surface area contributed by atoms with Crippen molar-refractivity contribution in [2.75, 3.05) is 13.2 Å². The average Bonchev–Trinajstić information content (AvgIpc) is 3.27. The predicted octanol–water partition coefficient (Wildman–Crippen LogP) is 4.50. The first kappa shape index (κ1) is 23.7.